The summed E-state index contributed by atoms with van der Waals surface area (Å²) >= 11 is 1.32. The van der Waals surface area contributed by atoms with E-state index in [-0.39, 0.29) is 11.7 Å². The Hall–Kier alpha value is -3.90. The second kappa shape index (κ2) is 9.63. The molecule has 36 heavy (non-hydrogen) atoms. The zero-order chi connectivity index (χ0) is 25.4. The van der Waals surface area contributed by atoms with Crippen LogP contribution in [0.4, 0.5) is 15.8 Å². The Morgan fingerprint density at radius 1 is 0.833 bits per heavy atom. The number of benzene rings is 3. The fourth-order valence-corrected chi connectivity index (χ4v) is 5.29. The van der Waals surface area contributed by atoms with Crippen LogP contribution in [-0.4, -0.2) is 11.1 Å². The van der Waals surface area contributed by atoms with Crippen LogP contribution in [0.15, 0.2) is 87.1 Å². The lowest BCUT2D eigenvalue weighted by Gasteiger charge is -2.17. The van der Waals surface area contributed by atoms with E-state index in [9.17, 15) is 9.18 Å². The molecule has 1 saturated heterocycles. The molecular weight excluding hydrogens is 471 g/mol. The molecule has 5 rings (SSSR count). The monoisotopic (exact) mass is 496 g/mol. The molecule has 180 valence electrons. The third kappa shape index (κ3) is 5.04. The molecule has 1 amide bonds. The van der Waals surface area contributed by atoms with Crippen LogP contribution >= 0.6 is 11.8 Å². The lowest BCUT2D eigenvalue weighted by molar-refractivity contribution is -0.113. The highest BCUT2D eigenvalue weighted by Crippen LogP contribution is 2.38. The van der Waals surface area contributed by atoms with Crippen molar-refractivity contribution < 1.29 is 13.6 Å². The summed E-state index contributed by atoms with van der Waals surface area (Å²) in [6.07, 6.45) is 1.74. The van der Waals surface area contributed by atoms with E-state index in [1.54, 1.807) is 29.2 Å². The predicted octanol–water partition coefficient (Wildman–Crippen LogP) is 8.13. The van der Waals surface area contributed by atoms with Gasteiger partial charge in [-0.15, -0.1) is 0 Å². The van der Waals surface area contributed by atoms with Crippen LogP contribution in [0.2, 0.25) is 0 Å². The molecule has 0 aliphatic carbocycles. The molecular formula is C30H25FN2O2S. The van der Waals surface area contributed by atoms with Gasteiger partial charge in [0.25, 0.3) is 5.91 Å². The summed E-state index contributed by atoms with van der Waals surface area (Å²) in [6, 6.07) is 21.9. The number of carbonyl (C=O) groups is 1. The van der Waals surface area contributed by atoms with Gasteiger partial charge in [0.1, 0.15) is 17.3 Å². The van der Waals surface area contributed by atoms with Gasteiger partial charge in [-0.05, 0) is 122 Å². The average Bonchev–Trinajstić information content (AvgIpc) is 3.37. The van der Waals surface area contributed by atoms with Crippen LogP contribution in [0.1, 0.15) is 28.0 Å². The van der Waals surface area contributed by atoms with E-state index in [2.05, 4.69) is 12.1 Å². The number of halogens is 1. The third-order valence-electron chi connectivity index (χ3n) is 5.73. The van der Waals surface area contributed by atoms with E-state index in [1.807, 2.05) is 58.0 Å². The Balaban J connectivity index is 1.55. The maximum Gasteiger partial charge on any atom is 0.271 e. The van der Waals surface area contributed by atoms with Gasteiger partial charge in [-0.25, -0.2) is 9.38 Å². The Morgan fingerprint density at radius 2 is 1.44 bits per heavy atom. The molecule has 4 aromatic rings. The van der Waals surface area contributed by atoms with Crippen molar-refractivity contribution in [2.75, 3.05) is 4.90 Å². The van der Waals surface area contributed by atoms with Gasteiger partial charge in [-0.1, -0.05) is 12.1 Å². The predicted molar refractivity (Wildman–Crippen MR) is 146 cm³/mol. The molecule has 2 heterocycles. The number of carbonyl (C=O) groups excluding carboxylic acids is 1. The number of hydrogen-bond acceptors (Lipinski definition) is 4. The van der Waals surface area contributed by atoms with Crippen LogP contribution < -0.4 is 4.90 Å². The second-order valence-electron chi connectivity index (χ2n) is 9.05. The topological polar surface area (TPSA) is 45.8 Å². The number of furan rings is 1. The Bertz CT molecular complexity index is 1490. The van der Waals surface area contributed by atoms with Crippen LogP contribution in [-0.2, 0) is 4.79 Å². The smallest absolute Gasteiger partial charge is 0.271 e. The van der Waals surface area contributed by atoms with Gasteiger partial charge in [0.2, 0.25) is 0 Å². The van der Waals surface area contributed by atoms with Gasteiger partial charge in [-0.3, -0.25) is 9.69 Å². The Labute approximate surface area is 214 Å². The molecule has 0 radical (unpaired) electrons. The SMILES string of the molecule is Cc1cc(C)cc(N=C2S/C(=C\c3ccc(-c4ccc(F)cc4)o3)C(=O)N2c2cc(C)cc(C)c2)c1. The molecule has 1 aromatic heterocycles. The summed E-state index contributed by atoms with van der Waals surface area (Å²) in [5, 5.41) is 0.589. The normalized spacial score (nSPS) is 15.9. The number of anilines is 1. The van der Waals surface area contributed by atoms with Crippen molar-refractivity contribution in [2.24, 2.45) is 4.99 Å². The molecule has 0 atom stereocenters. The maximum absolute atomic E-state index is 13.7. The van der Waals surface area contributed by atoms with Crippen molar-refractivity contribution in [1.82, 2.24) is 0 Å². The van der Waals surface area contributed by atoms with Gasteiger partial charge in [0.05, 0.1) is 16.3 Å². The van der Waals surface area contributed by atoms with Crippen LogP contribution in [0.5, 0.6) is 0 Å². The van der Waals surface area contributed by atoms with Gasteiger partial charge >= 0.3 is 0 Å². The molecule has 0 bridgehead atoms. The van der Waals surface area contributed by atoms with E-state index < -0.39 is 0 Å². The van der Waals surface area contributed by atoms with Crippen molar-refractivity contribution >= 4 is 40.3 Å². The first-order valence-corrected chi connectivity index (χ1v) is 12.4. The summed E-state index contributed by atoms with van der Waals surface area (Å²) < 4.78 is 19.2. The largest absolute Gasteiger partial charge is 0.457 e. The molecule has 3 aromatic carbocycles. The summed E-state index contributed by atoms with van der Waals surface area (Å²) in [6.45, 7) is 8.10. The molecule has 4 nitrogen and oxygen atoms in total. The Morgan fingerprint density at radius 3 is 2.08 bits per heavy atom. The van der Waals surface area contributed by atoms with Gasteiger partial charge in [-0.2, -0.15) is 0 Å². The lowest BCUT2D eigenvalue weighted by Crippen LogP contribution is -2.28. The minimum absolute atomic E-state index is 0.159. The number of hydrogen-bond donors (Lipinski definition) is 0. The van der Waals surface area contributed by atoms with Crippen LogP contribution in [0.25, 0.3) is 17.4 Å². The van der Waals surface area contributed by atoms with E-state index >= 15 is 0 Å². The lowest BCUT2D eigenvalue weighted by atomic mass is 10.1. The van der Waals surface area contributed by atoms with Gasteiger partial charge < -0.3 is 4.42 Å². The fourth-order valence-electron chi connectivity index (χ4n) is 4.31. The number of nitrogens with zero attached hydrogens (tertiary/aromatic N) is 2. The van der Waals surface area contributed by atoms with Crippen molar-refractivity contribution in [1.29, 1.82) is 0 Å². The molecule has 0 unspecified atom stereocenters. The van der Waals surface area contributed by atoms with E-state index in [0.717, 1.165) is 39.2 Å². The number of amidine groups is 1. The molecule has 0 N–H and O–H groups in total. The first-order chi connectivity index (χ1) is 17.2. The highest BCUT2D eigenvalue weighted by atomic mass is 32.2. The minimum Gasteiger partial charge on any atom is -0.457 e. The molecule has 1 aliphatic heterocycles. The summed E-state index contributed by atoms with van der Waals surface area (Å²) in [4.78, 5) is 20.7. The van der Waals surface area contributed by atoms with E-state index in [1.165, 1.54) is 23.9 Å². The van der Waals surface area contributed by atoms with Gasteiger partial charge in [0, 0.05) is 11.6 Å². The molecule has 0 spiro atoms. The minimum atomic E-state index is -0.303. The fraction of sp³-hybridized carbons (Fsp3) is 0.133. The van der Waals surface area contributed by atoms with Crippen molar-refractivity contribution in [3.8, 4) is 11.3 Å². The van der Waals surface area contributed by atoms with E-state index in [4.69, 9.17) is 9.41 Å². The number of thioether (sulfide) groups is 1. The van der Waals surface area contributed by atoms with Crippen LogP contribution in [0.3, 0.4) is 0 Å². The highest BCUT2D eigenvalue weighted by molar-refractivity contribution is 8.19. The number of rotatable bonds is 4. The second-order valence-corrected chi connectivity index (χ2v) is 10.1. The maximum atomic E-state index is 13.7. The van der Waals surface area contributed by atoms with Crippen molar-refractivity contribution in [3.05, 3.63) is 112 Å². The highest BCUT2D eigenvalue weighted by Gasteiger charge is 2.35. The van der Waals surface area contributed by atoms with Crippen LogP contribution in [0, 0.1) is 33.5 Å². The third-order valence-corrected chi connectivity index (χ3v) is 6.70. The molecule has 0 saturated carbocycles. The quantitative estimate of drug-likeness (QED) is 0.268. The molecule has 1 aliphatic rings. The first kappa shape index (κ1) is 23.8. The summed E-state index contributed by atoms with van der Waals surface area (Å²) in [5.41, 5.74) is 6.71. The zero-order valence-corrected chi connectivity index (χ0v) is 21.3. The average molecular weight is 497 g/mol. The first-order valence-electron chi connectivity index (χ1n) is 11.6. The number of aliphatic imine (C=N–C) groups is 1. The zero-order valence-electron chi connectivity index (χ0n) is 20.5. The molecule has 1 fully saturated rings. The standard InChI is InChI=1S/C30H25FN2O2S/c1-18-11-19(2)14-24(13-18)32-30-33(25-15-20(3)12-21(4)16-25)29(34)28(36-30)17-26-9-10-27(35-26)22-5-7-23(31)8-6-22/h5-17H,1-4H3/b28-17-,32-30?. The number of amides is 1. The van der Waals surface area contributed by atoms with Crippen molar-refractivity contribution in [2.45, 2.75) is 27.7 Å². The summed E-state index contributed by atoms with van der Waals surface area (Å²) in [5.74, 6) is 0.682. The van der Waals surface area contributed by atoms with Crippen molar-refractivity contribution in [3.63, 3.8) is 0 Å². The van der Waals surface area contributed by atoms with E-state index in [0.29, 0.717) is 21.6 Å². The number of aryl methyl sites for hydroxylation is 4. The van der Waals surface area contributed by atoms with Gasteiger partial charge in [0.15, 0.2) is 5.17 Å². The summed E-state index contributed by atoms with van der Waals surface area (Å²) in [7, 11) is 0. The molecule has 6 heteroatoms. The Kier molecular flexibility index (Phi) is 6.37.